The molecule has 0 aromatic heterocycles. The first-order valence-electron chi connectivity index (χ1n) is 3.45. The molecule has 0 saturated heterocycles. The zero-order valence-electron chi connectivity index (χ0n) is 6.58. The van der Waals surface area contributed by atoms with Gasteiger partial charge in [0.15, 0.2) is 0 Å². The van der Waals surface area contributed by atoms with Gasteiger partial charge in [-0.2, -0.15) is 17.9 Å². The fourth-order valence-corrected chi connectivity index (χ4v) is 0.974. The van der Waals surface area contributed by atoms with Crippen molar-refractivity contribution in [3.63, 3.8) is 0 Å². The zero-order valence-corrected chi connectivity index (χ0v) is 7.47. The van der Waals surface area contributed by atoms with Gasteiger partial charge in [0, 0.05) is 25.8 Å². The SMILES string of the molecule is CC(=O)N(CCS)CCC#N. The van der Waals surface area contributed by atoms with Crippen LogP contribution >= 0.6 is 12.6 Å². The van der Waals surface area contributed by atoms with E-state index in [9.17, 15) is 4.79 Å². The van der Waals surface area contributed by atoms with Crippen LogP contribution in [-0.4, -0.2) is 29.6 Å². The van der Waals surface area contributed by atoms with Crippen molar-refractivity contribution in [2.75, 3.05) is 18.8 Å². The lowest BCUT2D eigenvalue weighted by molar-refractivity contribution is -0.128. The molecule has 11 heavy (non-hydrogen) atoms. The van der Waals surface area contributed by atoms with Crippen molar-refractivity contribution in [3.8, 4) is 6.07 Å². The maximum absolute atomic E-state index is 10.8. The van der Waals surface area contributed by atoms with Crippen LogP contribution in [0.3, 0.4) is 0 Å². The van der Waals surface area contributed by atoms with E-state index >= 15 is 0 Å². The maximum Gasteiger partial charge on any atom is 0.219 e. The number of carbonyl (C=O) groups excluding carboxylic acids is 1. The van der Waals surface area contributed by atoms with Crippen LogP contribution in [0.15, 0.2) is 0 Å². The van der Waals surface area contributed by atoms with Gasteiger partial charge in [-0.1, -0.05) is 0 Å². The Labute approximate surface area is 72.4 Å². The number of hydrogen-bond donors (Lipinski definition) is 1. The van der Waals surface area contributed by atoms with Crippen LogP contribution in [-0.2, 0) is 4.79 Å². The van der Waals surface area contributed by atoms with Crippen LogP contribution in [0.25, 0.3) is 0 Å². The molecule has 0 heterocycles. The molecular formula is C7H12N2OS. The van der Waals surface area contributed by atoms with Crippen LogP contribution in [0.5, 0.6) is 0 Å². The van der Waals surface area contributed by atoms with Crippen molar-refractivity contribution in [2.45, 2.75) is 13.3 Å². The summed E-state index contributed by atoms with van der Waals surface area (Å²) in [5.41, 5.74) is 0. The minimum atomic E-state index is 0.00861. The third-order valence-corrected chi connectivity index (χ3v) is 1.51. The van der Waals surface area contributed by atoms with Crippen molar-refractivity contribution in [3.05, 3.63) is 0 Å². The Hall–Kier alpha value is -0.690. The summed E-state index contributed by atoms with van der Waals surface area (Å²) in [6, 6.07) is 1.99. The summed E-state index contributed by atoms with van der Waals surface area (Å²) >= 11 is 4.00. The Morgan fingerprint density at radius 2 is 2.27 bits per heavy atom. The average molecular weight is 172 g/mol. The number of nitriles is 1. The summed E-state index contributed by atoms with van der Waals surface area (Å²) in [7, 11) is 0. The molecule has 0 aliphatic carbocycles. The molecule has 0 radical (unpaired) electrons. The normalized spacial score (nSPS) is 8.82. The topological polar surface area (TPSA) is 44.1 Å². The first kappa shape index (κ1) is 10.3. The fraction of sp³-hybridized carbons (Fsp3) is 0.714. The first-order valence-corrected chi connectivity index (χ1v) is 4.09. The highest BCUT2D eigenvalue weighted by Gasteiger charge is 2.05. The summed E-state index contributed by atoms with van der Waals surface area (Å²) in [6.45, 7) is 2.65. The van der Waals surface area contributed by atoms with Gasteiger partial charge in [0.05, 0.1) is 12.5 Å². The molecule has 0 aliphatic heterocycles. The predicted molar refractivity (Wildman–Crippen MR) is 46.3 cm³/mol. The van der Waals surface area contributed by atoms with E-state index in [1.807, 2.05) is 6.07 Å². The van der Waals surface area contributed by atoms with Crippen molar-refractivity contribution >= 4 is 18.5 Å². The molecule has 0 N–H and O–H groups in total. The average Bonchev–Trinajstić information content (AvgIpc) is 1.97. The van der Waals surface area contributed by atoms with Crippen LogP contribution in [0.4, 0.5) is 0 Å². The molecule has 0 unspecified atom stereocenters. The molecule has 0 saturated carbocycles. The molecule has 0 rings (SSSR count). The van der Waals surface area contributed by atoms with Crippen molar-refractivity contribution in [1.29, 1.82) is 5.26 Å². The van der Waals surface area contributed by atoms with Gasteiger partial charge < -0.3 is 4.90 Å². The second-order valence-electron chi connectivity index (χ2n) is 2.14. The maximum atomic E-state index is 10.8. The first-order chi connectivity index (χ1) is 5.22. The molecule has 62 valence electrons. The lowest BCUT2D eigenvalue weighted by Crippen LogP contribution is -2.31. The van der Waals surface area contributed by atoms with Crippen LogP contribution in [0, 0.1) is 11.3 Å². The molecule has 0 aromatic rings. The minimum absolute atomic E-state index is 0.00861. The van der Waals surface area contributed by atoms with Gasteiger partial charge in [0.2, 0.25) is 5.91 Å². The second kappa shape index (κ2) is 6.05. The molecule has 0 atom stereocenters. The third kappa shape index (κ3) is 4.68. The highest BCUT2D eigenvalue weighted by atomic mass is 32.1. The lowest BCUT2D eigenvalue weighted by Gasteiger charge is -2.17. The fourth-order valence-electron chi connectivity index (χ4n) is 0.732. The van der Waals surface area contributed by atoms with E-state index < -0.39 is 0 Å². The van der Waals surface area contributed by atoms with Gasteiger partial charge in [0.1, 0.15) is 0 Å². The largest absolute Gasteiger partial charge is 0.341 e. The highest BCUT2D eigenvalue weighted by molar-refractivity contribution is 7.80. The number of hydrogen-bond acceptors (Lipinski definition) is 3. The van der Waals surface area contributed by atoms with Crippen molar-refractivity contribution in [1.82, 2.24) is 4.90 Å². The smallest absolute Gasteiger partial charge is 0.219 e. The van der Waals surface area contributed by atoms with E-state index in [-0.39, 0.29) is 5.91 Å². The summed E-state index contributed by atoms with van der Waals surface area (Å²) in [6.07, 6.45) is 0.396. The van der Waals surface area contributed by atoms with E-state index in [1.54, 1.807) is 4.90 Å². The number of thiol groups is 1. The summed E-state index contributed by atoms with van der Waals surface area (Å²) in [5.74, 6) is 0.652. The third-order valence-electron chi connectivity index (χ3n) is 1.31. The van der Waals surface area contributed by atoms with E-state index in [4.69, 9.17) is 5.26 Å². The van der Waals surface area contributed by atoms with Crippen LogP contribution < -0.4 is 0 Å². The zero-order chi connectivity index (χ0) is 8.69. The molecule has 3 nitrogen and oxygen atoms in total. The summed E-state index contributed by atoms with van der Waals surface area (Å²) < 4.78 is 0. The highest BCUT2D eigenvalue weighted by Crippen LogP contribution is 1.92. The van der Waals surface area contributed by atoms with Crippen molar-refractivity contribution < 1.29 is 4.79 Å². The Balaban J connectivity index is 3.71. The molecule has 0 aliphatic rings. The van der Waals surface area contributed by atoms with Crippen LogP contribution in [0.2, 0.25) is 0 Å². The molecular weight excluding hydrogens is 160 g/mol. The molecule has 1 amide bonds. The van der Waals surface area contributed by atoms with Gasteiger partial charge in [-0.05, 0) is 0 Å². The Bertz CT molecular complexity index is 164. The number of rotatable bonds is 4. The number of carbonyl (C=O) groups is 1. The standard InChI is InChI=1S/C7H12N2OS/c1-7(10)9(5-6-11)4-2-3-8/h11H,2,4-6H2,1H3. The van der Waals surface area contributed by atoms with Crippen LogP contribution in [0.1, 0.15) is 13.3 Å². The molecule has 0 aromatic carbocycles. The minimum Gasteiger partial charge on any atom is -0.341 e. The van der Waals surface area contributed by atoms with Gasteiger partial charge in [-0.25, -0.2) is 0 Å². The van der Waals surface area contributed by atoms with E-state index in [0.717, 1.165) is 0 Å². The summed E-state index contributed by atoms with van der Waals surface area (Å²) in [5, 5.41) is 8.26. The van der Waals surface area contributed by atoms with Gasteiger partial charge in [-0.15, -0.1) is 0 Å². The molecule has 0 spiro atoms. The predicted octanol–water partition coefficient (Wildman–Crippen LogP) is 0.678. The molecule has 4 heteroatoms. The monoisotopic (exact) mass is 172 g/mol. The Morgan fingerprint density at radius 3 is 2.64 bits per heavy atom. The number of nitrogens with zero attached hydrogens (tertiary/aromatic N) is 2. The number of amides is 1. The van der Waals surface area contributed by atoms with Crippen molar-refractivity contribution in [2.24, 2.45) is 0 Å². The van der Waals surface area contributed by atoms with Gasteiger partial charge in [-0.3, -0.25) is 4.79 Å². The van der Waals surface area contributed by atoms with E-state index in [1.165, 1.54) is 6.92 Å². The van der Waals surface area contributed by atoms with E-state index in [2.05, 4.69) is 12.6 Å². The lowest BCUT2D eigenvalue weighted by atomic mass is 10.4. The van der Waals surface area contributed by atoms with Gasteiger partial charge >= 0.3 is 0 Å². The quantitative estimate of drug-likeness (QED) is 0.634. The second-order valence-corrected chi connectivity index (χ2v) is 2.59. The van der Waals surface area contributed by atoms with Gasteiger partial charge in [0.25, 0.3) is 0 Å². The molecule has 0 bridgehead atoms. The van der Waals surface area contributed by atoms with E-state index in [0.29, 0.717) is 25.3 Å². The summed E-state index contributed by atoms with van der Waals surface area (Å²) in [4.78, 5) is 12.4. The molecule has 0 fully saturated rings. The Kier molecular flexibility index (Phi) is 5.67. The Morgan fingerprint density at radius 1 is 1.64 bits per heavy atom.